The number of morpholine rings is 1. The summed E-state index contributed by atoms with van der Waals surface area (Å²) in [5, 5.41) is 7.49. The van der Waals surface area contributed by atoms with Gasteiger partial charge in [-0.3, -0.25) is 9.58 Å². The van der Waals surface area contributed by atoms with Crippen molar-refractivity contribution in [1.29, 1.82) is 0 Å². The Kier molecular flexibility index (Phi) is 5.73. The Hall–Kier alpha value is -2.03. The van der Waals surface area contributed by atoms with Gasteiger partial charge in [0.25, 0.3) is 0 Å². The number of rotatable bonds is 7. The van der Waals surface area contributed by atoms with Crippen molar-refractivity contribution < 1.29 is 9.47 Å². The summed E-state index contributed by atoms with van der Waals surface area (Å²) in [5.41, 5.74) is 1.18. The number of ether oxygens (including phenoxy) is 2. The molecule has 1 N–H and O–H groups in total. The molecule has 1 fully saturated rings. The first kappa shape index (κ1) is 16.8. The second-order valence-electron chi connectivity index (χ2n) is 5.80. The van der Waals surface area contributed by atoms with Crippen LogP contribution in [0.15, 0.2) is 24.7 Å². The van der Waals surface area contributed by atoms with E-state index in [1.165, 1.54) is 5.56 Å². The summed E-state index contributed by atoms with van der Waals surface area (Å²) in [5.74, 6) is 1.59. The number of methoxy groups -OCH3 is 1. The molecule has 2 aromatic heterocycles. The van der Waals surface area contributed by atoms with E-state index in [-0.39, 0.29) is 6.04 Å². The van der Waals surface area contributed by atoms with E-state index in [1.807, 2.05) is 30.2 Å². The minimum atomic E-state index is 0.0446. The normalized spacial score (nSPS) is 18.7. The molecule has 8 nitrogen and oxygen atoms in total. The van der Waals surface area contributed by atoms with Crippen molar-refractivity contribution in [1.82, 2.24) is 24.6 Å². The van der Waals surface area contributed by atoms with Crippen LogP contribution < -0.4 is 5.32 Å². The van der Waals surface area contributed by atoms with Crippen LogP contribution in [0.4, 0.5) is 5.82 Å². The molecule has 0 spiro atoms. The second-order valence-corrected chi connectivity index (χ2v) is 5.80. The molecule has 1 aliphatic rings. The number of nitrogens with one attached hydrogen (secondary N) is 1. The van der Waals surface area contributed by atoms with Gasteiger partial charge in [-0.2, -0.15) is 5.10 Å². The molecular formula is C16H24N6O2. The number of nitrogens with zero attached hydrogens (tertiary/aromatic N) is 5. The van der Waals surface area contributed by atoms with E-state index in [0.29, 0.717) is 19.8 Å². The third-order valence-corrected chi connectivity index (χ3v) is 3.97. The fourth-order valence-corrected chi connectivity index (χ4v) is 2.77. The maximum absolute atomic E-state index is 5.67. The van der Waals surface area contributed by atoms with Crippen molar-refractivity contribution in [3.05, 3.63) is 36.0 Å². The third kappa shape index (κ3) is 4.28. The van der Waals surface area contributed by atoms with E-state index in [4.69, 9.17) is 9.47 Å². The van der Waals surface area contributed by atoms with Crippen LogP contribution in [0.25, 0.3) is 0 Å². The van der Waals surface area contributed by atoms with Gasteiger partial charge in [0, 0.05) is 51.7 Å². The van der Waals surface area contributed by atoms with Crippen LogP contribution >= 0.6 is 0 Å². The molecule has 0 aliphatic carbocycles. The maximum Gasteiger partial charge on any atom is 0.150 e. The smallest absolute Gasteiger partial charge is 0.150 e. The Morgan fingerprint density at radius 2 is 2.38 bits per heavy atom. The summed E-state index contributed by atoms with van der Waals surface area (Å²) >= 11 is 0. The molecule has 3 rings (SSSR count). The fourth-order valence-electron chi connectivity index (χ4n) is 2.77. The first-order valence-electron chi connectivity index (χ1n) is 8.11. The van der Waals surface area contributed by atoms with Crippen LogP contribution in [-0.4, -0.2) is 64.7 Å². The molecule has 0 radical (unpaired) electrons. The van der Waals surface area contributed by atoms with Gasteiger partial charge in [-0.25, -0.2) is 9.97 Å². The summed E-state index contributed by atoms with van der Waals surface area (Å²) in [6.45, 7) is 4.34. The Morgan fingerprint density at radius 3 is 3.17 bits per heavy atom. The lowest BCUT2D eigenvalue weighted by Crippen LogP contribution is -2.39. The van der Waals surface area contributed by atoms with Crippen molar-refractivity contribution in [3.63, 3.8) is 0 Å². The Morgan fingerprint density at radius 1 is 1.46 bits per heavy atom. The predicted molar refractivity (Wildman–Crippen MR) is 89.6 cm³/mol. The quantitative estimate of drug-likeness (QED) is 0.753. The number of anilines is 1. The fraction of sp³-hybridized carbons (Fsp3) is 0.562. The van der Waals surface area contributed by atoms with Gasteiger partial charge in [-0.1, -0.05) is 0 Å². The van der Waals surface area contributed by atoms with E-state index in [1.54, 1.807) is 13.3 Å². The highest BCUT2D eigenvalue weighted by atomic mass is 16.5. The summed E-state index contributed by atoms with van der Waals surface area (Å²) in [6.07, 6.45) is 5.72. The van der Waals surface area contributed by atoms with Crippen molar-refractivity contribution in [3.8, 4) is 0 Å². The molecule has 0 amide bonds. The molecular weight excluding hydrogens is 308 g/mol. The molecule has 130 valence electrons. The maximum atomic E-state index is 5.67. The van der Waals surface area contributed by atoms with E-state index in [2.05, 4.69) is 25.3 Å². The lowest BCUT2D eigenvalue weighted by Gasteiger charge is -2.34. The lowest BCUT2D eigenvalue weighted by atomic mass is 10.2. The third-order valence-electron chi connectivity index (χ3n) is 3.97. The van der Waals surface area contributed by atoms with Gasteiger partial charge in [-0.15, -0.1) is 0 Å². The number of aromatic nitrogens is 4. The minimum Gasteiger partial charge on any atom is -0.383 e. The highest BCUT2D eigenvalue weighted by molar-refractivity contribution is 5.33. The zero-order valence-corrected chi connectivity index (χ0v) is 14.2. The average molecular weight is 332 g/mol. The Bertz CT molecular complexity index is 647. The minimum absolute atomic E-state index is 0.0446. The average Bonchev–Trinajstić information content (AvgIpc) is 3.01. The molecule has 1 aliphatic heterocycles. The SMILES string of the molecule is COCCNc1ccnc(C2COCCN2Cc2cnn(C)c2)n1. The van der Waals surface area contributed by atoms with E-state index < -0.39 is 0 Å². The van der Waals surface area contributed by atoms with Crippen LogP contribution in [0.2, 0.25) is 0 Å². The zero-order valence-electron chi connectivity index (χ0n) is 14.2. The van der Waals surface area contributed by atoms with Crippen molar-refractivity contribution in [2.75, 3.05) is 45.3 Å². The van der Waals surface area contributed by atoms with Gasteiger partial charge < -0.3 is 14.8 Å². The monoisotopic (exact) mass is 332 g/mol. The van der Waals surface area contributed by atoms with Gasteiger partial charge in [0.1, 0.15) is 11.6 Å². The first-order chi connectivity index (χ1) is 11.8. The summed E-state index contributed by atoms with van der Waals surface area (Å²) in [6, 6.07) is 1.91. The van der Waals surface area contributed by atoms with Crippen LogP contribution in [0.3, 0.4) is 0 Å². The van der Waals surface area contributed by atoms with Gasteiger partial charge in [0.15, 0.2) is 0 Å². The second kappa shape index (κ2) is 8.18. The molecule has 0 aromatic carbocycles. The van der Waals surface area contributed by atoms with Gasteiger partial charge in [0.05, 0.1) is 32.1 Å². The van der Waals surface area contributed by atoms with Crippen molar-refractivity contribution >= 4 is 5.82 Å². The summed E-state index contributed by atoms with van der Waals surface area (Å²) in [7, 11) is 3.61. The molecule has 1 atom stereocenters. The molecule has 0 bridgehead atoms. The molecule has 2 aromatic rings. The molecule has 24 heavy (non-hydrogen) atoms. The van der Waals surface area contributed by atoms with Crippen LogP contribution in [0.5, 0.6) is 0 Å². The number of hydrogen-bond donors (Lipinski definition) is 1. The topological polar surface area (TPSA) is 77.3 Å². The first-order valence-corrected chi connectivity index (χ1v) is 8.11. The standard InChI is InChI=1S/C16H24N6O2/c1-21-10-13(9-19-21)11-22-6-8-24-12-14(22)16-18-4-3-15(20-16)17-5-7-23-2/h3-4,9-10,14H,5-8,11-12H2,1-2H3,(H,17,18,20). The van der Waals surface area contributed by atoms with Crippen LogP contribution in [0.1, 0.15) is 17.4 Å². The molecule has 1 saturated heterocycles. The highest BCUT2D eigenvalue weighted by Gasteiger charge is 2.27. The molecule has 8 heteroatoms. The molecule has 1 unspecified atom stereocenters. The Labute approximate surface area is 141 Å². The summed E-state index contributed by atoms with van der Waals surface area (Å²) < 4.78 is 12.5. The zero-order chi connectivity index (χ0) is 16.8. The van der Waals surface area contributed by atoms with Crippen molar-refractivity contribution in [2.45, 2.75) is 12.6 Å². The molecule has 3 heterocycles. The van der Waals surface area contributed by atoms with Gasteiger partial charge in [-0.05, 0) is 6.07 Å². The van der Waals surface area contributed by atoms with Gasteiger partial charge >= 0.3 is 0 Å². The summed E-state index contributed by atoms with van der Waals surface area (Å²) in [4.78, 5) is 11.5. The largest absolute Gasteiger partial charge is 0.383 e. The van der Waals surface area contributed by atoms with Crippen molar-refractivity contribution in [2.24, 2.45) is 7.05 Å². The van der Waals surface area contributed by atoms with E-state index >= 15 is 0 Å². The number of hydrogen-bond acceptors (Lipinski definition) is 7. The Balaban J connectivity index is 1.71. The van der Waals surface area contributed by atoms with E-state index in [9.17, 15) is 0 Å². The highest BCUT2D eigenvalue weighted by Crippen LogP contribution is 2.24. The number of aryl methyl sites for hydroxylation is 1. The molecule has 0 saturated carbocycles. The van der Waals surface area contributed by atoms with E-state index in [0.717, 1.165) is 31.3 Å². The lowest BCUT2D eigenvalue weighted by molar-refractivity contribution is -0.0159. The van der Waals surface area contributed by atoms with Crippen LogP contribution in [-0.2, 0) is 23.1 Å². The van der Waals surface area contributed by atoms with Gasteiger partial charge in [0.2, 0.25) is 0 Å². The van der Waals surface area contributed by atoms with Crippen LogP contribution in [0, 0.1) is 0 Å². The predicted octanol–water partition coefficient (Wildman–Crippen LogP) is 0.842.